The maximum absolute atomic E-state index is 11.4. The van der Waals surface area contributed by atoms with Crippen molar-refractivity contribution in [2.75, 3.05) is 6.61 Å². The summed E-state index contributed by atoms with van der Waals surface area (Å²) in [4.78, 5) is 26.7. The van der Waals surface area contributed by atoms with Crippen LogP contribution in [0.25, 0.3) is 11.0 Å². The Balaban J connectivity index is 2.02. The minimum absolute atomic E-state index is 0.187. The van der Waals surface area contributed by atoms with Gasteiger partial charge in [0, 0.05) is 13.6 Å². The summed E-state index contributed by atoms with van der Waals surface area (Å²) in [6, 6.07) is 5.68. The van der Waals surface area contributed by atoms with E-state index >= 15 is 0 Å². The second-order valence-electron chi connectivity index (χ2n) is 4.08. The summed E-state index contributed by atoms with van der Waals surface area (Å²) < 4.78 is 6.51. The van der Waals surface area contributed by atoms with Crippen LogP contribution in [0.15, 0.2) is 24.5 Å². The van der Waals surface area contributed by atoms with Crippen LogP contribution in [0.2, 0.25) is 0 Å². The van der Waals surface area contributed by atoms with Crippen molar-refractivity contribution in [2.24, 2.45) is 7.05 Å². The van der Waals surface area contributed by atoms with Crippen LogP contribution in [-0.4, -0.2) is 28.0 Å². The fourth-order valence-corrected chi connectivity index (χ4v) is 1.74. The smallest absolute Gasteiger partial charge is 0.396 e. The SMILES string of the molecule is CCOC(=O)C(=O)NCc1ccc2c(c1)ncn2C. The lowest BCUT2D eigenvalue weighted by atomic mass is 10.2. The average Bonchev–Trinajstić information content (AvgIpc) is 2.77. The Labute approximate surface area is 110 Å². The molecule has 0 saturated carbocycles. The van der Waals surface area contributed by atoms with E-state index in [9.17, 15) is 9.59 Å². The van der Waals surface area contributed by atoms with Crippen LogP contribution >= 0.6 is 0 Å². The van der Waals surface area contributed by atoms with E-state index in [2.05, 4.69) is 15.0 Å². The standard InChI is InChI=1S/C13H15N3O3/c1-3-19-13(18)12(17)14-7-9-4-5-11-10(6-9)15-8-16(11)2/h4-6,8H,3,7H2,1-2H3,(H,14,17). The maximum atomic E-state index is 11.4. The van der Waals surface area contributed by atoms with Gasteiger partial charge in [-0.05, 0) is 24.6 Å². The third kappa shape index (κ3) is 2.90. The molecule has 1 N–H and O–H groups in total. The first-order valence-electron chi connectivity index (χ1n) is 5.96. The van der Waals surface area contributed by atoms with Crippen molar-refractivity contribution in [1.29, 1.82) is 0 Å². The van der Waals surface area contributed by atoms with Gasteiger partial charge in [0.1, 0.15) is 0 Å². The number of carbonyl (C=O) groups excluding carboxylic acids is 2. The lowest BCUT2D eigenvalue weighted by molar-refractivity contribution is -0.154. The Morgan fingerprint density at radius 1 is 1.42 bits per heavy atom. The highest BCUT2D eigenvalue weighted by molar-refractivity contribution is 6.32. The van der Waals surface area contributed by atoms with Crippen LogP contribution in [0.1, 0.15) is 12.5 Å². The number of nitrogens with zero attached hydrogens (tertiary/aromatic N) is 2. The molecule has 6 heteroatoms. The van der Waals surface area contributed by atoms with Crippen molar-refractivity contribution >= 4 is 22.9 Å². The number of aromatic nitrogens is 2. The van der Waals surface area contributed by atoms with Crippen LogP contribution in [0.5, 0.6) is 0 Å². The van der Waals surface area contributed by atoms with Gasteiger partial charge in [0.25, 0.3) is 0 Å². The van der Waals surface area contributed by atoms with Gasteiger partial charge in [0.15, 0.2) is 0 Å². The summed E-state index contributed by atoms with van der Waals surface area (Å²) in [6.45, 7) is 2.11. The molecule has 0 atom stereocenters. The van der Waals surface area contributed by atoms with Gasteiger partial charge in [-0.1, -0.05) is 6.07 Å². The highest BCUT2D eigenvalue weighted by Gasteiger charge is 2.13. The van der Waals surface area contributed by atoms with Crippen molar-refractivity contribution in [3.63, 3.8) is 0 Å². The number of ether oxygens (including phenoxy) is 1. The molecule has 0 spiro atoms. The molecular weight excluding hydrogens is 246 g/mol. The van der Waals surface area contributed by atoms with E-state index in [1.807, 2.05) is 29.8 Å². The van der Waals surface area contributed by atoms with Crippen molar-refractivity contribution in [2.45, 2.75) is 13.5 Å². The third-order valence-corrected chi connectivity index (χ3v) is 2.70. The zero-order valence-electron chi connectivity index (χ0n) is 10.8. The molecule has 1 aromatic carbocycles. The Bertz CT molecular complexity index is 619. The number of hydrogen-bond acceptors (Lipinski definition) is 4. The zero-order valence-corrected chi connectivity index (χ0v) is 10.8. The summed E-state index contributed by atoms with van der Waals surface area (Å²) in [6.07, 6.45) is 1.73. The Morgan fingerprint density at radius 2 is 2.21 bits per heavy atom. The molecular formula is C13H15N3O3. The number of hydrogen-bond donors (Lipinski definition) is 1. The Kier molecular flexibility index (Phi) is 3.79. The first kappa shape index (κ1) is 13.1. The van der Waals surface area contributed by atoms with Gasteiger partial charge in [-0.15, -0.1) is 0 Å². The van der Waals surface area contributed by atoms with E-state index < -0.39 is 11.9 Å². The second-order valence-corrected chi connectivity index (χ2v) is 4.08. The van der Waals surface area contributed by atoms with Crippen LogP contribution in [0.4, 0.5) is 0 Å². The van der Waals surface area contributed by atoms with E-state index in [0.717, 1.165) is 16.6 Å². The highest BCUT2D eigenvalue weighted by Crippen LogP contribution is 2.13. The van der Waals surface area contributed by atoms with Crippen LogP contribution < -0.4 is 5.32 Å². The van der Waals surface area contributed by atoms with E-state index in [-0.39, 0.29) is 13.2 Å². The molecule has 0 bridgehead atoms. The van der Waals surface area contributed by atoms with E-state index in [1.165, 1.54) is 0 Å². The molecule has 0 fully saturated rings. The molecule has 0 radical (unpaired) electrons. The second kappa shape index (κ2) is 5.51. The zero-order chi connectivity index (χ0) is 13.8. The molecule has 0 aliphatic heterocycles. The molecule has 19 heavy (non-hydrogen) atoms. The molecule has 100 valence electrons. The van der Waals surface area contributed by atoms with Crippen LogP contribution in [-0.2, 0) is 27.9 Å². The van der Waals surface area contributed by atoms with E-state index in [4.69, 9.17) is 0 Å². The largest absolute Gasteiger partial charge is 0.459 e. The van der Waals surface area contributed by atoms with Crippen molar-refractivity contribution in [3.8, 4) is 0 Å². The van der Waals surface area contributed by atoms with Gasteiger partial charge in [-0.3, -0.25) is 4.79 Å². The fourth-order valence-electron chi connectivity index (χ4n) is 1.74. The lowest BCUT2D eigenvalue weighted by Gasteiger charge is -2.05. The van der Waals surface area contributed by atoms with E-state index in [1.54, 1.807) is 13.3 Å². The van der Waals surface area contributed by atoms with Gasteiger partial charge in [0.05, 0.1) is 24.0 Å². The summed E-state index contributed by atoms with van der Waals surface area (Å²) >= 11 is 0. The monoisotopic (exact) mass is 261 g/mol. The number of amides is 1. The minimum Gasteiger partial charge on any atom is -0.459 e. The van der Waals surface area contributed by atoms with E-state index in [0.29, 0.717) is 0 Å². The van der Waals surface area contributed by atoms with Crippen molar-refractivity contribution in [1.82, 2.24) is 14.9 Å². The van der Waals surface area contributed by atoms with Gasteiger partial charge < -0.3 is 14.6 Å². The van der Waals surface area contributed by atoms with Gasteiger partial charge in [-0.2, -0.15) is 0 Å². The number of benzene rings is 1. The number of nitrogens with one attached hydrogen (secondary N) is 1. The van der Waals surface area contributed by atoms with Gasteiger partial charge >= 0.3 is 11.9 Å². The van der Waals surface area contributed by atoms with Gasteiger partial charge in [-0.25, -0.2) is 9.78 Å². The predicted octanol–water partition coefficient (Wildman–Crippen LogP) is 0.753. The topological polar surface area (TPSA) is 73.2 Å². The maximum Gasteiger partial charge on any atom is 0.396 e. The third-order valence-electron chi connectivity index (χ3n) is 2.70. The average molecular weight is 261 g/mol. The predicted molar refractivity (Wildman–Crippen MR) is 69.2 cm³/mol. The van der Waals surface area contributed by atoms with Crippen molar-refractivity contribution < 1.29 is 14.3 Å². The molecule has 2 rings (SSSR count). The molecule has 0 aliphatic carbocycles. The van der Waals surface area contributed by atoms with Crippen LogP contribution in [0.3, 0.4) is 0 Å². The molecule has 1 heterocycles. The number of carbonyl (C=O) groups is 2. The lowest BCUT2D eigenvalue weighted by Crippen LogP contribution is -2.32. The fraction of sp³-hybridized carbons (Fsp3) is 0.308. The summed E-state index contributed by atoms with van der Waals surface area (Å²) in [5, 5.41) is 2.51. The van der Waals surface area contributed by atoms with Crippen LogP contribution in [0, 0.1) is 0 Å². The number of esters is 1. The quantitative estimate of drug-likeness (QED) is 0.653. The number of aryl methyl sites for hydroxylation is 1. The number of imidazole rings is 1. The normalized spacial score (nSPS) is 10.4. The molecule has 6 nitrogen and oxygen atoms in total. The number of rotatable bonds is 3. The summed E-state index contributed by atoms with van der Waals surface area (Å²) in [5.74, 6) is -1.59. The van der Waals surface area contributed by atoms with Gasteiger partial charge in [0.2, 0.25) is 0 Å². The molecule has 0 unspecified atom stereocenters. The summed E-state index contributed by atoms with van der Waals surface area (Å²) in [7, 11) is 1.91. The Morgan fingerprint density at radius 3 is 2.95 bits per heavy atom. The molecule has 0 aliphatic rings. The highest BCUT2D eigenvalue weighted by atomic mass is 16.5. The molecule has 1 amide bonds. The number of fused-ring (bicyclic) bond motifs is 1. The molecule has 2 aromatic rings. The minimum atomic E-state index is -0.860. The van der Waals surface area contributed by atoms with Crippen molar-refractivity contribution in [3.05, 3.63) is 30.1 Å². The first-order chi connectivity index (χ1) is 9.11. The Hall–Kier alpha value is -2.37. The molecule has 0 saturated heterocycles. The summed E-state index contributed by atoms with van der Waals surface area (Å²) in [5.41, 5.74) is 2.75. The molecule has 1 aromatic heterocycles. The first-order valence-corrected chi connectivity index (χ1v) is 5.96.